The second-order valence-corrected chi connectivity index (χ2v) is 14.0. The molecule has 5 unspecified atom stereocenters. The largest absolute Gasteiger partial charge is 0.480 e. The van der Waals surface area contributed by atoms with Crippen molar-refractivity contribution in [2.24, 2.45) is 5.92 Å². The number of hydrogen-bond donors (Lipinski definition) is 0. The Morgan fingerprint density at radius 1 is 0.897 bits per heavy atom. The zero-order valence-electron chi connectivity index (χ0n) is 25.9. The van der Waals surface area contributed by atoms with Gasteiger partial charge >= 0.3 is 13.8 Å². The molecule has 0 amide bonds. The van der Waals surface area contributed by atoms with Gasteiger partial charge in [0.15, 0.2) is 12.2 Å². The van der Waals surface area contributed by atoms with E-state index in [1.54, 1.807) is 0 Å². The summed E-state index contributed by atoms with van der Waals surface area (Å²) in [6, 6.07) is 0. The summed E-state index contributed by atoms with van der Waals surface area (Å²) in [4.78, 5) is 11.8. The van der Waals surface area contributed by atoms with Crippen LogP contribution in [0.1, 0.15) is 124 Å². The molecule has 0 spiro atoms. The van der Waals surface area contributed by atoms with Crippen molar-refractivity contribution in [2.45, 2.75) is 149 Å². The van der Waals surface area contributed by atoms with Gasteiger partial charge in [-0.3, -0.25) is 13.8 Å². The third-order valence-corrected chi connectivity index (χ3v) is 9.52. The highest BCUT2D eigenvalue weighted by molar-refractivity contribution is 7.48. The van der Waals surface area contributed by atoms with Crippen molar-refractivity contribution in [1.29, 1.82) is 0 Å². The summed E-state index contributed by atoms with van der Waals surface area (Å²) in [5, 5.41) is 0. The monoisotopic (exact) mass is 576 g/mol. The molecule has 2 fully saturated rings. The lowest BCUT2D eigenvalue weighted by Gasteiger charge is -2.32. The lowest BCUT2D eigenvalue weighted by atomic mass is 10.0. The van der Waals surface area contributed by atoms with Crippen LogP contribution in [0.15, 0.2) is 0 Å². The van der Waals surface area contributed by atoms with E-state index in [2.05, 4.69) is 6.92 Å². The van der Waals surface area contributed by atoms with Gasteiger partial charge in [-0.1, -0.05) is 104 Å². The standard InChI is InChI=1S/C30H59NO7P/c1-7-8-9-10-11-12-13-14-15-16-17-18-19-20-23-34-24-28(35-26(4)32)29(25(2)3)37-39(33)36-27-21-22-31(5,6)30(27)38-39/h25,27-30H,7-24H2,1-6H3/q+1. The van der Waals surface area contributed by atoms with E-state index in [9.17, 15) is 9.36 Å². The maximum absolute atomic E-state index is 13.4. The summed E-state index contributed by atoms with van der Waals surface area (Å²) in [6.07, 6.45) is 17.2. The second kappa shape index (κ2) is 18.1. The van der Waals surface area contributed by atoms with Crippen LogP contribution < -0.4 is 0 Å². The Kier molecular flexibility index (Phi) is 16.1. The van der Waals surface area contributed by atoms with E-state index in [4.69, 9.17) is 23.0 Å². The minimum atomic E-state index is -3.77. The highest BCUT2D eigenvalue weighted by atomic mass is 31.2. The molecule has 39 heavy (non-hydrogen) atoms. The first kappa shape index (κ1) is 34.7. The second-order valence-electron chi connectivity index (χ2n) is 12.5. The molecule has 5 atom stereocenters. The molecule has 0 aliphatic carbocycles. The van der Waals surface area contributed by atoms with Gasteiger partial charge in [-0.25, -0.2) is 9.09 Å². The molecule has 230 valence electrons. The number of esters is 1. The third-order valence-electron chi connectivity index (χ3n) is 8.01. The number of phosphoric acid groups is 1. The van der Waals surface area contributed by atoms with Crippen LogP contribution in [0, 0.1) is 5.92 Å². The molecule has 2 aliphatic rings. The fourth-order valence-corrected chi connectivity index (χ4v) is 7.65. The number of carbonyl (C=O) groups excluding carboxylic acids is 1. The van der Waals surface area contributed by atoms with E-state index in [0.29, 0.717) is 11.1 Å². The Morgan fingerprint density at radius 3 is 1.92 bits per heavy atom. The van der Waals surface area contributed by atoms with Crippen LogP contribution in [-0.2, 0) is 32.4 Å². The van der Waals surface area contributed by atoms with Crippen molar-refractivity contribution in [3.63, 3.8) is 0 Å². The van der Waals surface area contributed by atoms with Gasteiger partial charge in [0.1, 0.15) is 6.10 Å². The van der Waals surface area contributed by atoms with Gasteiger partial charge in [-0.2, -0.15) is 0 Å². The predicted molar refractivity (Wildman–Crippen MR) is 155 cm³/mol. The number of nitrogens with zero attached hydrogens (tertiary/aromatic N) is 1. The summed E-state index contributed by atoms with van der Waals surface area (Å²) in [7, 11) is 0.303. The van der Waals surface area contributed by atoms with Crippen molar-refractivity contribution >= 4 is 13.8 Å². The van der Waals surface area contributed by atoms with Gasteiger partial charge in [0, 0.05) is 20.0 Å². The van der Waals surface area contributed by atoms with E-state index < -0.39 is 26.0 Å². The number of quaternary nitrogens is 1. The highest BCUT2D eigenvalue weighted by Crippen LogP contribution is 2.62. The predicted octanol–water partition coefficient (Wildman–Crippen LogP) is 7.79. The van der Waals surface area contributed by atoms with Crippen LogP contribution >= 0.6 is 7.82 Å². The number of likely N-dealkylation sites (tertiary alicyclic amines) is 1. The number of hydrogen-bond acceptors (Lipinski definition) is 7. The fraction of sp³-hybridized carbons (Fsp3) is 0.967. The number of phosphoric ester groups is 1. The molecule has 0 aromatic carbocycles. The first-order valence-electron chi connectivity index (χ1n) is 15.8. The van der Waals surface area contributed by atoms with Gasteiger partial charge in [0.2, 0.25) is 6.23 Å². The molecule has 2 aliphatic heterocycles. The smallest absolute Gasteiger partial charge is 0.457 e. The molecule has 0 saturated carbocycles. The third kappa shape index (κ3) is 12.9. The molecule has 9 heteroatoms. The van der Waals surface area contributed by atoms with Crippen LogP contribution in [0.5, 0.6) is 0 Å². The molecule has 8 nitrogen and oxygen atoms in total. The molecule has 0 bridgehead atoms. The van der Waals surface area contributed by atoms with Crippen LogP contribution in [0.3, 0.4) is 0 Å². The summed E-state index contributed by atoms with van der Waals surface area (Å²) in [6.45, 7) is 9.20. The van der Waals surface area contributed by atoms with E-state index >= 15 is 0 Å². The van der Waals surface area contributed by atoms with Crippen molar-refractivity contribution in [1.82, 2.24) is 0 Å². The van der Waals surface area contributed by atoms with Gasteiger partial charge in [0.25, 0.3) is 0 Å². The number of unbranched alkanes of at least 4 members (excludes halogenated alkanes) is 13. The molecule has 0 aromatic rings. The first-order chi connectivity index (χ1) is 18.6. The molecular weight excluding hydrogens is 517 g/mol. The number of rotatable bonds is 22. The number of ether oxygens (including phenoxy) is 2. The maximum Gasteiger partial charge on any atom is 0.480 e. The van der Waals surface area contributed by atoms with Crippen LogP contribution in [0.4, 0.5) is 0 Å². The number of carbonyl (C=O) groups is 1. The van der Waals surface area contributed by atoms with Crippen molar-refractivity contribution in [3.8, 4) is 0 Å². The quantitative estimate of drug-likeness (QED) is 0.0563. The molecule has 0 radical (unpaired) electrons. The Balaban J connectivity index is 1.63. The van der Waals surface area contributed by atoms with Crippen LogP contribution in [-0.4, -0.2) is 68.8 Å². The van der Waals surface area contributed by atoms with Gasteiger partial charge in [0.05, 0.1) is 27.2 Å². The zero-order chi connectivity index (χ0) is 28.7. The van der Waals surface area contributed by atoms with E-state index in [1.807, 2.05) is 27.9 Å². The van der Waals surface area contributed by atoms with Crippen LogP contribution in [0.25, 0.3) is 0 Å². The lowest BCUT2D eigenvalue weighted by Crippen LogP contribution is -2.46. The van der Waals surface area contributed by atoms with Gasteiger partial charge < -0.3 is 14.0 Å². The Labute approximate surface area is 239 Å². The van der Waals surface area contributed by atoms with Crippen molar-refractivity contribution in [2.75, 3.05) is 33.9 Å². The minimum absolute atomic E-state index is 0.0834. The Morgan fingerprint density at radius 2 is 1.44 bits per heavy atom. The van der Waals surface area contributed by atoms with Crippen LogP contribution in [0.2, 0.25) is 0 Å². The first-order valence-corrected chi connectivity index (χ1v) is 17.3. The maximum atomic E-state index is 13.4. The van der Waals surface area contributed by atoms with E-state index in [0.717, 1.165) is 25.8 Å². The summed E-state index contributed by atoms with van der Waals surface area (Å²) < 4.78 is 43.1. The summed E-state index contributed by atoms with van der Waals surface area (Å²) in [5.41, 5.74) is 0. The lowest BCUT2D eigenvalue weighted by molar-refractivity contribution is -0.920. The SMILES string of the molecule is CCCCCCCCCCCCCCCCOCC(OC(C)=O)C(OP1(=O)OC2CC[N+](C)(C)C2O1)C(C)C. The molecule has 2 rings (SSSR count). The molecular formula is C30H59NO7P+. The Bertz CT molecular complexity index is 732. The zero-order valence-corrected chi connectivity index (χ0v) is 26.8. The summed E-state index contributed by atoms with van der Waals surface area (Å²) in [5.74, 6) is -0.504. The van der Waals surface area contributed by atoms with Crippen molar-refractivity contribution in [3.05, 3.63) is 0 Å². The van der Waals surface area contributed by atoms with Gasteiger partial charge in [-0.05, 0) is 12.3 Å². The average molecular weight is 577 g/mol. The number of likely N-dealkylation sites (N-methyl/N-ethyl adjacent to an activating group) is 1. The molecule has 2 saturated heterocycles. The summed E-state index contributed by atoms with van der Waals surface area (Å²) >= 11 is 0. The topological polar surface area (TPSA) is 80.3 Å². The molecule has 2 heterocycles. The minimum Gasteiger partial charge on any atom is -0.457 e. The van der Waals surface area contributed by atoms with Gasteiger partial charge in [-0.15, -0.1) is 0 Å². The van der Waals surface area contributed by atoms with E-state index in [-0.39, 0.29) is 24.9 Å². The number of fused-ring (bicyclic) bond motifs is 1. The molecule has 0 aromatic heterocycles. The van der Waals surface area contributed by atoms with E-state index in [1.165, 1.54) is 84.0 Å². The van der Waals surface area contributed by atoms with Crippen molar-refractivity contribution < 1.29 is 36.9 Å². The average Bonchev–Trinajstić information content (AvgIpc) is 3.35. The highest BCUT2D eigenvalue weighted by Gasteiger charge is 2.58. The fourth-order valence-electron chi connectivity index (χ4n) is 5.63. The molecule has 0 N–H and O–H groups in total. The normalized spacial score (nSPS) is 25.6. The Hall–Kier alpha value is -0.500.